The van der Waals surface area contributed by atoms with E-state index in [0.29, 0.717) is 30.3 Å². The van der Waals surface area contributed by atoms with E-state index < -0.39 is 6.04 Å². The Hall–Kier alpha value is -3.25. The number of hydrogen-bond donors (Lipinski definition) is 1. The van der Waals surface area contributed by atoms with E-state index in [1.807, 2.05) is 72.8 Å². The van der Waals surface area contributed by atoms with Crippen molar-refractivity contribution in [3.63, 3.8) is 0 Å². The van der Waals surface area contributed by atoms with Crippen LogP contribution >= 0.6 is 11.8 Å². The van der Waals surface area contributed by atoms with E-state index in [-0.39, 0.29) is 11.8 Å². The summed E-state index contributed by atoms with van der Waals surface area (Å²) < 4.78 is 5.76. The Morgan fingerprint density at radius 1 is 0.903 bits per heavy atom. The molecule has 1 N–H and O–H groups in total. The van der Waals surface area contributed by atoms with Gasteiger partial charge >= 0.3 is 0 Å². The Morgan fingerprint density at radius 3 is 2.26 bits per heavy atom. The molecule has 6 heteroatoms. The van der Waals surface area contributed by atoms with Crippen LogP contribution in [0.25, 0.3) is 0 Å². The number of carbonyl (C=O) groups excluding carboxylic acids is 2. The molecule has 1 unspecified atom stereocenters. The Bertz CT molecular complexity index is 1010. The molecule has 1 saturated heterocycles. The average molecular weight is 433 g/mol. The Morgan fingerprint density at radius 2 is 1.55 bits per heavy atom. The monoisotopic (exact) mass is 432 g/mol. The van der Waals surface area contributed by atoms with Crippen LogP contribution in [-0.2, 0) is 17.9 Å². The van der Waals surface area contributed by atoms with E-state index in [1.54, 1.807) is 28.8 Å². The summed E-state index contributed by atoms with van der Waals surface area (Å²) in [5, 5.41) is 2.98. The molecule has 0 bridgehead atoms. The number of ether oxygens (including phenoxy) is 1. The van der Waals surface area contributed by atoms with Crippen molar-refractivity contribution in [3.05, 3.63) is 102 Å². The number of nitrogens with zero attached hydrogens (tertiary/aromatic N) is 1. The van der Waals surface area contributed by atoms with Crippen molar-refractivity contribution >= 4 is 23.6 Å². The van der Waals surface area contributed by atoms with Crippen molar-refractivity contribution in [2.75, 3.05) is 11.6 Å². The molecule has 2 amide bonds. The van der Waals surface area contributed by atoms with Gasteiger partial charge in [0.25, 0.3) is 5.91 Å². The molecule has 0 spiro atoms. The predicted octanol–water partition coefficient (Wildman–Crippen LogP) is 4.10. The smallest absolute Gasteiger partial charge is 0.255 e. The molecule has 0 radical (unpaired) electrons. The van der Waals surface area contributed by atoms with Crippen molar-refractivity contribution in [3.8, 4) is 5.75 Å². The maximum atomic E-state index is 12.8. The van der Waals surface area contributed by atoms with Crippen LogP contribution < -0.4 is 10.1 Å². The molecule has 0 aliphatic carbocycles. The molecule has 1 atom stereocenters. The lowest BCUT2D eigenvalue weighted by Gasteiger charge is -2.23. The lowest BCUT2D eigenvalue weighted by atomic mass is 10.1. The van der Waals surface area contributed by atoms with Crippen molar-refractivity contribution in [1.82, 2.24) is 10.2 Å². The highest BCUT2D eigenvalue weighted by Gasteiger charge is 2.34. The molecule has 31 heavy (non-hydrogen) atoms. The molecule has 158 valence electrons. The van der Waals surface area contributed by atoms with Gasteiger partial charge < -0.3 is 15.0 Å². The minimum atomic E-state index is -0.448. The van der Waals surface area contributed by atoms with Gasteiger partial charge in [0.1, 0.15) is 18.4 Å². The van der Waals surface area contributed by atoms with Crippen molar-refractivity contribution < 1.29 is 14.3 Å². The zero-order valence-corrected chi connectivity index (χ0v) is 17.9. The third-order valence-electron chi connectivity index (χ3n) is 5.10. The van der Waals surface area contributed by atoms with Crippen LogP contribution in [-0.4, -0.2) is 34.4 Å². The van der Waals surface area contributed by atoms with E-state index >= 15 is 0 Å². The lowest BCUT2D eigenvalue weighted by molar-refractivity contribution is -0.124. The topological polar surface area (TPSA) is 58.6 Å². The fourth-order valence-electron chi connectivity index (χ4n) is 3.35. The van der Waals surface area contributed by atoms with Gasteiger partial charge in [-0.25, -0.2) is 0 Å². The molecule has 5 nitrogen and oxygen atoms in total. The second-order valence-electron chi connectivity index (χ2n) is 7.29. The fourth-order valence-corrected chi connectivity index (χ4v) is 4.50. The highest BCUT2D eigenvalue weighted by Crippen LogP contribution is 2.23. The number of para-hydroxylation sites is 1. The summed E-state index contributed by atoms with van der Waals surface area (Å²) in [6.45, 7) is 0.916. The highest BCUT2D eigenvalue weighted by atomic mass is 32.2. The summed E-state index contributed by atoms with van der Waals surface area (Å²) in [5.74, 6) is 1.75. The van der Waals surface area contributed by atoms with Gasteiger partial charge in [-0.1, -0.05) is 60.7 Å². The van der Waals surface area contributed by atoms with Crippen molar-refractivity contribution in [2.24, 2.45) is 0 Å². The molecule has 1 heterocycles. The maximum Gasteiger partial charge on any atom is 0.255 e. The maximum absolute atomic E-state index is 12.8. The molecule has 4 rings (SSSR count). The molecule has 3 aromatic carbocycles. The van der Waals surface area contributed by atoms with Gasteiger partial charge in [-0.2, -0.15) is 0 Å². The van der Waals surface area contributed by atoms with Crippen molar-refractivity contribution in [1.29, 1.82) is 0 Å². The van der Waals surface area contributed by atoms with Crippen LogP contribution in [0.2, 0.25) is 0 Å². The predicted molar refractivity (Wildman–Crippen MR) is 123 cm³/mol. The Labute approximate surface area is 186 Å². The Balaban J connectivity index is 1.29. The van der Waals surface area contributed by atoms with Crippen LogP contribution in [0.5, 0.6) is 5.75 Å². The minimum absolute atomic E-state index is 0.103. The first-order valence-electron chi connectivity index (χ1n) is 10.2. The third-order valence-corrected chi connectivity index (χ3v) is 6.12. The second-order valence-corrected chi connectivity index (χ2v) is 8.29. The van der Waals surface area contributed by atoms with E-state index in [9.17, 15) is 9.59 Å². The third kappa shape index (κ3) is 5.47. The molecule has 0 aromatic heterocycles. The highest BCUT2D eigenvalue weighted by molar-refractivity contribution is 7.99. The summed E-state index contributed by atoms with van der Waals surface area (Å²) >= 11 is 1.60. The van der Waals surface area contributed by atoms with E-state index in [0.717, 1.165) is 16.9 Å². The Kier molecular flexibility index (Phi) is 6.89. The number of thioether (sulfide) groups is 1. The average Bonchev–Trinajstić information content (AvgIpc) is 3.33. The lowest BCUT2D eigenvalue weighted by Crippen LogP contribution is -2.47. The van der Waals surface area contributed by atoms with Crippen LogP contribution in [0.1, 0.15) is 21.5 Å². The van der Waals surface area contributed by atoms with Crippen LogP contribution in [0, 0.1) is 0 Å². The van der Waals surface area contributed by atoms with Gasteiger partial charge in [0.05, 0.1) is 5.88 Å². The first kappa shape index (κ1) is 21.0. The van der Waals surface area contributed by atoms with E-state index in [4.69, 9.17) is 4.74 Å². The second kappa shape index (κ2) is 10.2. The largest absolute Gasteiger partial charge is 0.489 e. The quantitative estimate of drug-likeness (QED) is 0.611. The number of carbonyl (C=O) groups is 2. The van der Waals surface area contributed by atoms with Gasteiger partial charge in [-0.15, -0.1) is 11.8 Å². The summed E-state index contributed by atoms with van der Waals surface area (Å²) in [6.07, 6.45) is 0. The molecule has 3 aromatic rings. The number of benzene rings is 3. The van der Waals surface area contributed by atoms with E-state index in [1.165, 1.54) is 0 Å². The zero-order valence-electron chi connectivity index (χ0n) is 17.1. The van der Waals surface area contributed by atoms with Gasteiger partial charge in [-0.05, 0) is 35.4 Å². The summed E-state index contributed by atoms with van der Waals surface area (Å²) in [5.41, 5.74) is 2.67. The molecule has 1 aliphatic rings. The standard InChI is InChI=1S/C25H24N2O3S/c28-24(23-17-31-18-27(23)25(29)21-7-3-1-4-8-21)26-15-19-11-13-20(14-12-19)16-30-22-9-5-2-6-10-22/h1-14,23H,15-18H2,(H,26,28). The zero-order chi connectivity index (χ0) is 21.5. The molecule has 0 saturated carbocycles. The SMILES string of the molecule is O=C(NCc1ccc(COc2ccccc2)cc1)C1CSCN1C(=O)c1ccccc1. The summed E-state index contributed by atoms with van der Waals surface area (Å²) in [4.78, 5) is 27.2. The first-order chi connectivity index (χ1) is 15.2. The number of nitrogens with one attached hydrogen (secondary N) is 1. The minimum Gasteiger partial charge on any atom is -0.489 e. The molecular weight excluding hydrogens is 408 g/mol. The van der Waals surface area contributed by atoms with Gasteiger partial charge in [0, 0.05) is 17.9 Å². The van der Waals surface area contributed by atoms with Crippen LogP contribution in [0.3, 0.4) is 0 Å². The van der Waals surface area contributed by atoms with Gasteiger partial charge in [0.2, 0.25) is 5.91 Å². The molecule has 1 fully saturated rings. The normalized spacial score (nSPS) is 15.5. The number of amides is 2. The number of rotatable bonds is 7. The van der Waals surface area contributed by atoms with Gasteiger partial charge in [0.15, 0.2) is 0 Å². The van der Waals surface area contributed by atoms with Crippen LogP contribution in [0.15, 0.2) is 84.9 Å². The molecule has 1 aliphatic heterocycles. The first-order valence-corrected chi connectivity index (χ1v) is 11.3. The van der Waals surface area contributed by atoms with Gasteiger partial charge in [-0.3, -0.25) is 9.59 Å². The van der Waals surface area contributed by atoms with Crippen LogP contribution in [0.4, 0.5) is 0 Å². The van der Waals surface area contributed by atoms with Crippen molar-refractivity contribution in [2.45, 2.75) is 19.2 Å². The van der Waals surface area contributed by atoms with E-state index in [2.05, 4.69) is 5.32 Å². The summed E-state index contributed by atoms with van der Waals surface area (Å²) in [7, 11) is 0. The molecular formula is C25H24N2O3S. The summed E-state index contributed by atoms with van der Waals surface area (Å²) in [6, 6.07) is 26.3. The fraction of sp³-hybridized carbons (Fsp3) is 0.200. The number of hydrogen-bond acceptors (Lipinski definition) is 4.